The summed E-state index contributed by atoms with van der Waals surface area (Å²) in [7, 11) is 0. The van der Waals surface area contributed by atoms with Gasteiger partial charge in [-0.3, -0.25) is 0 Å². The van der Waals surface area contributed by atoms with Crippen LogP contribution in [0.4, 0.5) is 10.5 Å². The number of benzene rings is 2. The Hall–Kier alpha value is -2.82. The summed E-state index contributed by atoms with van der Waals surface area (Å²) in [4.78, 5) is 16.1. The van der Waals surface area contributed by atoms with Crippen molar-refractivity contribution in [2.75, 3.05) is 11.9 Å². The van der Waals surface area contributed by atoms with E-state index < -0.39 is 0 Å². The third kappa shape index (κ3) is 3.51. The summed E-state index contributed by atoms with van der Waals surface area (Å²) in [6.45, 7) is 4.69. The Morgan fingerprint density at radius 1 is 1.17 bits per heavy atom. The minimum atomic E-state index is -0.197. The van der Waals surface area contributed by atoms with Gasteiger partial charge < -0.3 is 15.1 Å². The number of hydrogen-bond acceptors (Lipinski definition) is 3. The molecule has 118 valence electrons. The Balaban J connectivity index is 1.76. The summed E-state index contributed by atoms with van der Waals surface area (Å²) >= 11 is 0. The molecule has 5 nitrogen and oxygen atoms in total. The second kappa shape index (κ2) is 6.52. The van der Waals surface area contributed by atoms with Crippen LogP contribution in [-0.4, -0.2) is 17.6 Å². The number of fused-ring (bicyclic) bond motifs is 1. The zero-order valence-electron chi connectivity index (χ0n) is 13.2. The van der Waals surface area contributed by atoms with Crippen LogP contribution >= 0.6 is 0 Å². The summed E-state index contributed by atoms with van der Waals surface area (Å²) < 4.78 is 5.80. The number of aryl methyl sites for hydroxylation is 1. The van der Waals surface area contributed by atoms with Crippen molar-refractivity contribution in [2.45, 2.75) is 20.3 Å². The number of urea groups is 1. The van der Waals surface area contributed by atoms with Gasteiger partial charge in [0.15, 0.2) is 5.58 Å². The Morgan fingerprint density at radius 2 is 1.96 bits per heavy atom. The monoisotopic (exact) mass is 309 g/mol. The zero-order valence-corrected chi connectivity index (χ0v) is 13.2. The topological polar surface area (TPSA) is 67.2 Å². The zero-order chi connectivity index (χ0) is 16.2. The molecule has 0 bridgehead atoms. The van der Waals surface area contributed by atoms with E-state index in [1.807, 2.05) is 56.3 Å². The first-order valence-electron chi connectivity index (χ1n) is 7.68. The van der Waals surface area contributed by atoms with Crippen molar-refractivity contribution in [3.63, 3.8) is 0 Å². The number of amides is 2. The number of hydrogen-bond donors (Lipinski definition) is 2. The maximum atomic E-state index is 11.6. The third-order valence-corrected chi connectivity index (χ3v) is 3.47. The molecule has 2 N–H and O–H groups in total. The van der Waals surface area contributed by atoms with Crippen molar-refractivity contribution >= 4 is 22.8 Å². The lowest BCUT2D eigenvalue weighted by Gasteiger charge is -2.06. The van der Waals surface area contributed by atoms with Gasteiger partial charge in [0.25, 0.3) is 0 Å². The van der Waals surface area contributed by atoms with Crippen LogP contribution in [0.15, 0.2) is 46.9 Å². The molecule has 0 radical (unpaired) electrons. The smallest absolute Gasteiger partial charge is 0.319 e. The van der Waals surface area contributed by atoms with E-state index in [9.17, 15) is 4.79 Å². The van der Waals surface area contributed by atoms with Crippen molar-refractivity contribution in [1.29, 1.82) is 0 Å². The van der Waals surface area contributed by atoms with E-state index in [1.54, 1.807) is 0 Å². The van der Waals surface area contributed by atoms with Crippen molar-refractivity contribution in [2.24, 2.45) is 0 Å². The Morgan fingerprint density at radius 3 is 2.70 bits per heavy atom. The summed E-state index contributed by atoms with van der Waals surface area (Å²) in [5, 5.41) is 5.56. The second-order valence-electron chi connectivity index (χ2n) is 5.45. The number of oxazole rings is 1. The van der Waals surface area contributed by atoms with Crippen LogP contribution in [0.2, 0.25) is 0 Å². The van der Waals surface area contributed by atoms with E-state index in [4.69, 9.17) is 4.42 Å². The molecule has 1 heterocycles. The quantitative estimate of drug-likeness (QED) is 0.753. The predicted molar refractivity (Wildman–Crippen MR) is 91.5 cm³/mol. The lowest BCUT2D eigenvalue weighted by atomic mass is 10.2. The van der Waals surface area contributed by atoms with Gasteiger partial charge in [0.1, 0.15) is 5.52 Å². The van der Waals surface area contributed by atoms with E-state index in [1.165, 1.54) is 0 Å². The van der Waals surface area contributed by atoms with E-state index >= 15 is 0 Å². The second-order valence-corrected chi connectivity index (χ2v) is 5.45. The fraction of sp³-hybridized carbons (Fsp3) is 0.222. The fourth-order valence-corrected chi connectivity index (χ4v) is 2.27. The number of nitrogens with zero attached hydrogens (tertiary/aromatic N) is 1. The van der Waals surface area contributed by atoms with E-state index in [-0.39, 0.29) is 6.03 Å². The van der Waals surface area contributed by atoms with Gasteiger partial charge in [0.05, 0.1) is 0 Å². The van der Waals surface area contributed by atoms with Gasteiger partial charge in [-0.25, -0.2) is 9.78 Å². The molecule has 23 heavy (non-hydrogen) atoms. The first-order chi connectivity index (χ1) is 11.2. The molecule has 0 saturated carbocycles. The molecule has 0 aliphatic heterocycles. The Labute approximate surface area is 134 Å². The van der Waals surface area contributed by atoms with Gasteiger partial charge >= 0.3 is 6.03 Å². The number of aromatic nitrogens is 1. The molecule has 0 fully saturated rings. The summed E-state index contributed by atoms with van der Waals surface area (Å²) in [6, 6.07) is 13.2. The molecule has 0 saturated heterocycles. The van der Waals surface area contributed by atoms with Gasteiger partial charge in [0.2, 0.25) is 5.89 Å². The highest BCUT2D eigenvalue weighted by molar-refractivity contribution is 5.89. The number of nitrogens with one attached hydrogen (secondary N) is 2. The van der Waals surface area contributed by atoms with Gasteiger partial charge in [-0.1, -0.05) is 13.0 Å². The molecule has 0 aliphatic carbocycles. The maximum absolute atomic E-state index is 11.6. The van der Waals surface area contributed by atoms with E-state index in [0.29, 0.717) is 12.4 Å². The van der Waals surface area contributed by atoms with Crippen LogP contribution in [0.3, 0.4) is 0 Å². The molecule has 5 heteroatoms. The summed E-state index contributed by atoms with van der Waals surface area (Å²) in [6.07, 6.45) is 0.906. The van der Waals surface area contributed by atoms with Crippen molar-refractivity contribution < 1.29 is 9.21 Å². The highest BCUT2D eigenvalue weighted by Crippen LogP contribution is 2.25. The molecular weight excluding hydrogens is 290 g/mol. The Bertz CT molecular complexity index is 822. The number of carbonyl (C=O) groups excluding carboxylic acids is 1. The van der Waals surface area contributed by atoms with Gasteiger partial charge in [-0.05, 0) is 55.3 Å². The van der Waals surface area contributed by atoms with E-state index in [2.05, 4.69) is 15.6 Å². The molecule has 0 aliphatic rings. The normalized spacial score (nSPS) is 10.7. The molecule has 3 rings (SSSR count). The van der Waals surface area contributed by atoms with Crippen molar-refractivity contribution in [3.05, 3.63) is 48.0 Å². The highest BCUT2D eigenvalue weighted by atomic mass is 16.3. The maximum Gasteiger partial charge on any atom is 0.319 e. The highest BCUT2D eigenvalue weighted by Gasteiger charge is 2.08. The molecule has 0 unspecified atom stereocenters. The van der Waals surface area contributed by atoms with Gasteiger partial charge in [-0.2, -0.15) is 0 Å². The summed E-state index contributed by atoms with van der Waals surface area (Å²) in [5.41, 5.74) is 4.36. The average Bonchev–Trinajstić information content (AvgIpc) is 2.96. The molecule has 3 aromatic rings. The number of anilines is 1. The lowest BCUT2D eigenvalue weighted by Crippen LogP contribution is -2.29. The molecule has 2 amide bonds. The average molecular weight is 309 g/mol. The minimum absolute atomic E-state index is 0.197. The van der Waals surface area contributed by atoms with Crippen LogP contribution in [-0.2, 0) is 0 Å². The van der Waals surface area contributed by atoms with Crippen LogP contribution in [0.25, 0.3) is 22.6 Å². The third-order valence-electron chi connectivity index (χ3n) is 3.47. The fourth-order valence-electron chi connectivity index (χ4n) is 2.27. The van der Waals surface area contributed by atoms with E-state index in [0.717, 1.165) is 34.3 Å². The predicted octanol–water partition coefficient (Wildman–Crippen LogP) is 4.33. The Kier molecular flexibility index (Phi) is 4.28. The first kappa shape index (κ1) is 15.1. The lowest BCUT2D eigenvalue weighted by molar-refractivity contribution is 0.252. The van der Waals surface area contributed by atoms with Crippen molar-refractivity contribution in [1.82, 2.24) is 10.3 Å². The number of rotatable bonds is 4. The van der Waals surface area contributed by atoms with Gasteiger partial charge in [-0.15, -0.1) is 0 Å². The van der Waals surface area contributed by atoms with Crippen LogP contribution in [0.1, 0.15) is 18.9 Å². The largest absolute Gasteiger partial charge is 0.436 e. The SMILES string of the molecule is CCCNC(=O)Nc1ccc(-c2nc3ccc(C)cc3o2)cc1. The summed E-state index contributed by atoms with van der Waals surface area (Å²) in [5.74, 6) is 0.576. The first-order valence-corrected chi connectivity index (χ1v) is 7.68. The molecule has 1 aromatic heterocycles. The van der Waals surface area contributed by atoms with Crippen molar-refractivity contribution in [3.8, 4) is 11.5 Å². The molecular formula is C18H19N3O2. The molecule has 2 aromatic carbocycles. The van der Waals surface area contributed by atoms with Gasteiger partial charge in [0, 0.05) is 17.8 Å². The minimum Gasteiger partial charge on any atom is -0.436 e. The van der Waals surface area contributed by atoms with Crippen LogP contribution in [0, 0.1) is 6.92 Å². The standard InChI is InChI=1S/C18H19N3O2/c1-3-10-19-18(22)20-14-7-5-13(6-8-14)17-21-15-9-4-12(2)11-16(15)23-17/h4-9,11H,3,10H2,1-2H3,(H2,19,20,22). The molecule has 0 atom stereocenters. The molecule has 0 spiro atoms. The van der Waals surface area contributed by atoms with Crippen LogP contribution < -0.4 is 10.6 Å². The number of carbonyl (C=O) groups is 1. The van der Waals surface area contributed by atoms with Crippen LogP contribution in [0.5, 0.6) is 0 Å².